The van der Waals surface area contributed by atoms with Gasteiger partial charge in [-0.25, -0.2) is 4.98 Å². The second-order valence-corrected chi connectivity index (χ2v) is 6.85. The summed E-state index contributed by atoms with van der Waals surface area (Å²) in [4.78, 5) is 16.4. The molecule has 0 saturated carbocycles. The molecule has 0 N–H and O–H groups in total. The maximum Gasteiger partial charge on any atom is 0.319 e. The predicted molar refractivity (Wildman–Crippen MR) is 95.1 cm³/mol. The Hall–Kier alpha value is -2.15. The monoisotopic (exact) mass is 344 g/mol. The van der Waals surface area contributed by atoms with Gasteiger partial charge in [-0.1, -0.05) is 24.8 Å². The molecule has 0 aliphatic rings. The van der Waals surface area contributed by atoms with Crippen LogP contribution in [-0.2, 0) is 23.0 Å². The molecular weight excluding hydrogens is 324 g/mol. The highest BCUT2D eigenvalue weighted by Crippen LogP contribution is 2.28. The number of fused-ring (bicyclic) bond motifs is 3. The summed E-state index contributed by atoms with van der Waals surface area (Å²) in [5.74, 6) is -0.268. The van der Waals surface area contributed by atoms with Gasteiger partial charge < -0.3 is 9.30 Å². The van der Waals surface area contributed by atoms with Crippen molar-refractivity contribution in [2.45, 2.75) is 37.6 Å². The fraction of sp³-hybridized carbons (Fsp3) is 0.412. The van der Waals surface area contributed by atoms with E-state index >= 15 is 0 Å². The van der Waals surface area contributed by atoms with Gasteiger partial charge in [0.25, 0.3) is 0 Å². The van der Waals surface area contributed by atoms with E-state index in [2.05, 4.69) is 40.3 Å². The third kappa shape index (κ3) is 2.96. The van der Waals surface area contributed by atoms with Gasteiger partial charge in [0.1, 0.15) is 10.8 Å². The van der Waals surface area contributed by atoms with E-state index in [1.54, 1.807) is 13.8 Å². The lowest BCUT2D eigenvalue weighted by molar-refractivity contribution is -0.142. The zero-order chi connectivity index (χ0) is 17.3. The second-order valence-electron chi connectivity index (χ2n) is 5.54. The van der Waals surface area contributed by atoms with E-state index < -0.39 is 0 Å². The van der Waals surface area contributed by atoms with Crippen LogP contribution >= 0.6 is 11.8 Å². The highest BCUT2D eigenvalue weighted by Gasteiger charge is 2.19. The normalized spacial score (nSPS) is 12.7. The first-order valence-corrected chi connectivity index (χ1v) is 8.88. The van der Waals surface area contributed by atoms with Crippen molar-refractivity contribution in [3.8, 4) is 0 Å². The molecule has 6 nitrogen and oxygen atoms in total. The minimum atomic E-state index is -0.370. The number of esters is 1. The van der Waals surface area contributed by atoms with Crippen LogP contribution in [0.4, 0.5) is 0 Å². The molecule has 7 heteroatoms. The number of aromatic nitrogens is 4. The van der Waals surface area contributed by atoms with Crippen LogP contribution < -0.4 is 0 Å². The van der Waals surface area contributed by atoms with Gasteiger partial charge in [-0.3, -0.25) is 4.79 Å². The summed E-state index contributed by atoms with van der Waals surface area (Å²) in [5.41, 5.74) is 3.89. The molecule has 0 bridgehead atoms. The summed E-state index contributed by atoms with van der Waals surface area (Å²) >= 11 is 1.26. The van der Waals surface area contributed by atoms with Gasteiger partial charge in [-0.2, -0.15) is 0 Å². The van der Waals surface area contributed by atoms with Crippen molar-refractivity contribution in [3.63, 3.8) is 0 Å². The molecule has 1 aromatic carbocycles. The maximum absolute atomic E-state index is 11.8. The number of carbonyl (C=O) groups is 1. The first-order valence-electron chi connectivity index (χ1n) is 8.00. The minimum absolute atomic E-state index is 0.268. The Morgan fingerprint density at radius 2 is 2.12 bits per heavy atom. The molecule has 3 rings (SSSR count). The standard InChI is InChI=1S/C17H20N4O2S/c1-5-11-7-8-13-12(9-11)14-15(21(13)4)18-17(20-19-14)24-10(3)16(22)23-6-2/h7-10H,5-6H2,1-4H3/t10-/m1/s1. The number of nitrogens with zero attached hydrogens (tertiary/aromatic N) is 4. The first-order chi connectivity index (χ1) is 11.5. The average Bonchev–Trinajstić information content (AvgIpc) is 2.87. The second kappa shape index (κ2) is 6.76. The Balaban J connectivity index is 2.01. The number of thioether (sulfide) groups is 1. The largest absolute Gasteiger partial charge is 0.465 e. The highest BCUT2D eigenvalue weighted by atomic mass is 32.2. The smallest absolute Gasteiger partial charge is 0.319 e. The number of hydrogen-bond acceptors (Lipinski definition) is 6. The SMILES string of the molecule is CCOC(=O)[C@@H](C)Sc1nnc2c3cc(CC)ccc3n(C)c2n1. The van der Waals surface area contributed by atoms with Crippen molar-refractivity contribution in [1.29, 1.82) is 0 Å². The average molecular weight is 344 g/mol. The lowest BCUT2D eigenvalue weighted by Gasteiger charge is -2.08. The molecular formula is C17H20N4O2S. The number of ether oxygens (including phenoxy) is 1. The van der Waals surface area contributed by atoms with E-state index in [0.717, 1.165) is 28.5 Å². The number of aryl methyl sites for hydroxylation is 2. The Labute approximate surface area is 144 Å². The summed E-state index contributed by atoms with van der Waals surface area (Å²) in [6, 6.07) is 6.35. The van der Waals surface area contributed by atoms with Crippen molar-refractivity contribution < 1.29 is 9.53 Å². The lowest BCUT2D eigenvalue weighted by Crippen LogP contribution is -2.17. The Morgan fingerprint density at radius 1 is 1.33 bits per heavy atom. The molecule has 0 radical (unpaired) electrons. The van der Waals surface area contributed by atoms with Gasteiger partial charge in [0.05, 0.1) is 12.1 Å². The Bertz CT molecular complexity index is 906. The zero-order valence-electron chi connectivity index (χ0n) is 14.2. The molecule has 0 spiro atoms. The molecule has 0 fully saturated rings. The molecule has 24 heavy (non-hydrogen) atoms. The van der Waals surface area contributed by atoms with E-state index in [4.69, 9.17) is 4.74 Å². The van der Waals surface area contributed by atoms with Crippen molar-refractivity contribution in [2.24, 2.45) is 7.05 Å². The molecule has 0 aliphatic heterocycles. The summed E-state index contributed by atoms with van der Waals surface area (Å²) < 4.78 is 7.03. The van der Waals surface area contributed by atoms with Crippen molar-refractivity contribution in [2.75, 3.05) is 6.61 Å². The van der Waals surface area contributed by atoms with Crippen molar-refractivity contribution in [1.82, 2.24) is 19.7 Å². The number of carbonyl (C=O) groups excluding carboxylic acids is 1. The highest BCUT2D eigenvalue weighted by molar-refractivity contribution is 8.00. The van der Waals surface area contributed by atoms with Crippen molar-refractivity contribution in [3.05, 3.63) is 23.8 Å². The van der Waals surface area contributed by atoms with Gasteiger partial charge in [-0.15, -0.1) is 10.2 Å². The summed E-state index contributed by atoms with van der Waals surface area (Å²) in [5, 5.41) is 9.71. The zero-order valence-corrected chi connectivity index (χ0v) is 15.1. The number of rotatable bonds is 5. The minimum Gasteiger partial charge on any atom is -0.465 e. The number of benzene rings is 1. The van der Waals surface area contributed by atoms with Gasteiger partial charge in [0, 0.05) is 12.4 Å². The van der Waals surface area contributed by atoms with Gasteiger partial charge in [-0.05, 0) is 38.0 Å². The summed E-state index contributed by atoms with van der Waals surface area (Å²) in [6.45, 7) is 6.07. The predicted octanol–water partition coefficient (Wildman–Crippen LogP) is 3.12. The molecule has 1 atom stereocenters. The summed E-state index contributed by atoms with van der Waals surface area (Å²) in [7, 11) is 1.97. The quantitative estimate of drug-likeness (QED) is 0.523. The molecule has 3 aromatic rings. The molecule has 0 amide bonds. The van der Waals surface area contributed by atoms with Crippen LogP contribution in [0.1, 0.15) is 26.3 Å². The fourth-order valence-corrected chi connectivity index (χ4v) is 3.33. The Kier molecular flexibility index (Phi) is 4.71. The molecule has 126 valence electrons. The van der Waals surface area contributed by atoms with Gasteiger partial charge in [0.15, 0.2) is 5.65 Å². The van der Waals surface area contributed by atoms with E-state index in [9.17, 15) is 4.79 Å². The first kappa shape index (κ1) is 16.7. The molecule has 0 unspecified atom stereocenters. The third-order valence-electron chi connectivity index (χ3n) is 3.95. The van der Waals surface area contributed by atoms with E-state index in [0.29, 0.717) is 11.8 Å². The molecule has 2 aromatic heterocycles. The van der Waals surface area contributed by atoms with Crippen LogP contribution in [0.15, 0.2) is 23.4 Å². The van der Waals surface area contributed by atoms with Crippen LogP contribution in [0, 0.1) is 0 Å². The van der Waals surface area contributed by atoms with E-state index in [1.165, 1.54) is 17.3 Å². The van der Waals surface area contributed by atoms with Crippen LogP contribution in [0.25, 0.3) is 22.1 Å². The molecule has 0 saturated heterocycles. The third-order valence-corrected chi connectivity index (χ3v) is 4.88. The topological polar surface area (TPSA) is 69.9 Å². The van der Waals surface area contributed by atoms with Crippen molar-refractivity contribution >= 4 is 39.8 Å². The van der Waals surface area contributed by atoms with E-state index in [-0.39, 0.29) is 11.2 Å². The summed E-state index contributed by atoms with van der Waals surface area (Å²) in [6.07, 6.45) is 0.970. The van der Waals surface area contributed by atoms with Gasteiger partial charge >= 0.3 is 5.97 Å². The molecule has 2 heterocycles. The van der Waals surface area contributed by atoms with Gasteiger partial charge in [0.2, 0.25) is 5.16 Å². The Morgan fingerprint density at radius 3 is 2.83 bits per heavy atom. The van der Waals surface area contributed by atoms with Crippen LogP contribution in [0.2, 0.25) is 0 Å². The van der Waals surface area contributed by atoms with Crippen LogP contribution in [0.5, 0.6) is 0 Å². The maximum atomic E-state index is 11.8. The fourth-order valence-electron chi connectivity index (χ4n) is 2.63. The number of hydrogen-bond donors (Lipinski definition) is 0. The van der Waals surface area contributed by atoms with Crippen LogP contribution in [0.3, 0.4) is 0 Å². The van der Waals surface area contributed by atoms with Crippen LogP contribution in [-0.4, -0.2) is 37.6 Å². The lowest BCUT2D eigenvalue weighted by atomic mass is 10.1. The molecule has 0 aliphatic carbocycles. The van der Waals surface area contributed by atoms with E-state index in [1.807, 2.05) is 11.6 Å².